The van der Waals surface area contributed by atoms with Crippen molar-refractivity contribution in [2.45, 2.75) is 20.4 Å². The number of nitrogens with zero attached hydrogens (tertiary/aromatic N) is 1. The second kappa shape index (κ2) is 5.96. The minimum absolute atomic E-state index is 0.198. The molecule has 3 N–H and O–H groups in total. The molecule has 23 heavy (non-hydrogen) atoms. The van der Waals surface area contributed by atoms with Gasteiger partial charge in [0, 0.05) is 29.5 Å². The minimum Gasteiger partial charge on any atom is -0.361 e. The molecule has 0 aliphatic rings. The van der Waals surface area contributed by atoms with Crippen molar-refractivity contribution in [3.63, 3.8) is 0 Å². The van der Waals surface area contributed by atoms with Gasteiger partial charge in [0.25, 0.3) is 0 Å². The van der Waals surface area contributed by atoms with Crippen LogP contribution in [0.2, 0.25) is 0 Å². The molecule has 0 saturated heterocycles. The molecule has 118 valence electrons. The van der Waals surface area contributed by atoms with Crippen molar-refractivity contribution in [1.82, 2.24) is 15.5 Å². The largest absolute Gasteiger partial charge is 0.361 e. The topological polar surface area (TPSA) is 100 Å². The number of anilines is 1. The summed E-state index contributed by atoms with van der Waals surface area (Å²) in [6.07, 6.45) is 1.81. The van der Waals surface area contributed by atoms with E-state index in [9.17, 15) is 9.59 Å². The minimum atomic E-state index is -0.720. The highest BCUT2D eigenvalue weighted by Gasteiger charge is 2.16. The molecule has 2 amide bonds. The molecule has 0 spiro atoms. The number of nitrogens with one attached hydrogen (secondary N) is 3. The van der Waals surface area contributed by atoms with Crippen molar-refractivity contribution in [3.8, 4) is 0 Å². The number of aromatic amines is 1. The average Bonchev–Trinajstić information content (AvgIpc) is 3.11. The van der Waals surface area contributed by atoms with Crippen molar-refractivity contribution in [2.24, 2.45) is 0 Å². The predicted molar refractivity (Wildman–Crippen MR) is 84.8 cm³/mol. The van der Waals surface area contributed by atoms with E-state index in [1.807, 2.05) is 18.3 Å². The summed E-state index contributed by atoms with van der Waals surface area (Å²) in [5.41, 5.74) is 2.91. The number of aryl methyl sites for hydroxylation is 2. The Morgan fingerprint density at radius 3 is 2.78 bits per heavy atom. The number of amides is 2. The van der Waals surface area contributed by atoms with Crippen LogP contribution in [0.3, 0.4) is 0 Å². The summed E-state index contributed by atoms with van der Waals surface area (Å²) in [4.78, 5) is 26.9. The SMILES string of the molecule is Cc1noc(C)c1CNC(=O)C(=O)Nc1ccc2cc[nH]c2c1. The van der Waals surface area contributed by atoms with Crippen molar-refractivity contribution in [3.05, 3.63) is 47.5 Å². The molecule has 0 bridgehead atoms. The molecule has 0 aliphatic heterocycles. The van der Waals surface area contributed by atoms with Gasteiger partial charge < -0.3 is 20.1 Å². The molecule has 2 aromatic heterocycles. The van der Waals surface area contributed by atoms with Gasteiger partial charge in [-0.1, -0.05) is 11.2 Å². The van der Waals surface area contributed by atoms with Crippen molar-refractivity contribution in [1.29, 1.82) is 0 Å². The fourth-order valence-corrected chi connectivity index (χ4v) is 2.32. The molecule has 7 heteroatoms. The zero-order valence-electron chi connectivity index (χ0n) is 12.8. The van der Waals surface area contributed by atoms with Gasteiger partial charge in [-0.3, -0.25) is 9.59 Å². The molecular weight excluding hydrogens is 296 g/mol. The lowest BCUT2D eigenvalue weighted by Gasteiger charge is -2.06. The van der Waals surface area contributed by atoms with E-state index in [4.69, 9.17) is 4.52 Å². The molecule has 0 unspecified atom stereocenters. The second-order valence-corrected chi connectivity index (χ2v) is 5.22. The Morgan fingerprint density at radius 2 is 2.04 bits per heavy atom. The third kappa shape index (κ3) is 3.08. The van der Waals surface area contributed by atoms with E-state index in [2.05, 4.69) is 20.8 Å². The summed E-state index contributed by atoms with van der Waals surface area (Å²) in [5.74, 6) is -0.806. The van der Waals surface area contributed by atoms with Crippen LogP contribution < -0.4 is 10.6 Å². The van der Waals surface area contributed by atoms with Crippen LogP contribution in [-0.2, 0) is 16.1 Å². The number of aromatic nitrogens is 2. The van der Waals surface area contributed by atoms with Gasteiger partial charge >= 0.3 is 11.8 Å². The molecule has 3 rings (SSSR count). The van der Waals surface area contributed by atoms with Crippen LogP contribution in [0.15, 0.2) is 35.0 Å². The summed E-state index contributed by atoms with van der Waals surface area (Å²) >= 11 is 0. The molecular formula is C16H16N4O3. The molecule has 0 radical (unpaired) electrons. The van der Waals surface area contributed by atoms with Crippen molar-refractivity contribution >= 4 is 28.4 Å². The Morgan fingerprint density at radius 1 is 1.22 bits per heavy atom. The highest BCUT2D eigenvalue weighted by atomic mass is 16.5. The van der Waals surface area contributed by atoms with E-state index in [-0.39, 0.29) is 6.54 Å². The van der Waals surface area contributed by atoms with E-state index in [1.165, 1.54) is 0 Å². The number of hydrogen-bond acceptors (Lipinski definition) is 4. The summed E-state index contributed by atoms with van der Waals surface area (Å²) < 4.78 is 5.01. The third-order valence-electron chi connectivity index (χ3n) is 3.63. The Balaban J connectivity index is 1.62. The first-order valence-corrected chi connectivity index (χ1v) is 7.12. The Labute approximate surface area is 132 Å². The summed E-state index contributed by atoms with van der Waals surface area (Å²) in [5, 5.41) is 9.97. The quantitative estimate of drug-likeness (QED) is 0.644. The van der Waals surface area contributed by atoms with Gasteiger partial charge in [-0.05, 0) is 37.4 Å². The van der Waals surface area contributed by atoms with E-state index in [1.54, 1.807) is 26.0 Å². The molecule has 0 saturated carbocycles. The zero-order valence-corrected chi connectivity index (χ0v) is 12.8. The number of carbonyl (C=O) groups is 2. The predicted octanol–water partition coefficient (Wildman–Crippen LogP) is 2.03. The fourth-order valence-electron chi connectivity index (χ4n) is 2.32. The molecule has 7 nitrogen and oxygen atoms in total. The third-order valence-corrected chi connectivity index (χ3v) is 3.63. The van der Waals surface area contributed by atoms with E-state index < -0.39 is 11.8 Å². The number of benzene rings is 1. The average molecular weight is 312 g/mol. The van der Waals surface area contributed by atoms with Gasteiger partial charge in [-0.2, -0.15) is 0 Å². The van der Waals surface area contributed by atoms with Crippen LogP contribution in [0.25, 0.3) is 10.9 Å². The molecule has 2 heterocycles. The maximum Gasteiger partial charge on any atom is 0.313 e. The second-order valence-electron chi connectivity index (χ2n) is 5.22. The molecule has 0 aliphatic carbocycles. The van der Waals surface area contributed by atoms with Gasteiger partial charge in [0.05, 0.1) is 5.69 Å². The van der Waals surface area contributed by atoms with Crippen LogP contribution in [0.4, 0.5) is 5.69 Å². The smallest absolute Gasteiger partial charge is 0.313 e. The van der Waals surface area contributed by atoms with E-state index >= 15 is 0 Å². The molecule has 1 aromatic carbocycles. The highest BCUT2D eigenvalue weighted by molar-refractivity contribution is 6.39. The Kier molecular flexibility index (Phi) is 3.84. The Hall–Kier alpha value is -3.09. The van der Waals surface area contributed by atoms with Crippen LogP contribution in [0.1, 0.15) is 17.0 Å². The van der Waals surface area contributed by atoms with Gasteiger partial charge in [0.15, 0.2) is 0 Å². The molecule has 3 aromatic rings. The highest BCUT2D eigenvalue weighted by Crippen LogP contribution is 2.17. The maximum atomic E-state index is 11.9. The number of H-pyrrole nitrogens is 1. The van der Waals surface area contributed by atoms with Crippen LogP contribution >= 0.6 is 0 Å². The van der Waals surface area contributed by atoms with Gasteiger partial charge in [-0.15, -0.1) is 0 Å². The number of carbonyl (C=O) groups excluding carboxylic acids is 2. The zero-order chi connectivity index (χ0) is 16.4. The number of hydrogen-bond donors (Lipinski definition) is 3. The van der Waals surface area contributed by atoms with Gasteiger partial charge in [0.1, 0.15) is 5.76 Å². The summed E-state index contributed by atoms with van der Waals surface area (Å²) in [7, 11) is 0. The Bertz CT molecular complexity index is 859. The van der Waals surface area contributed by atoms with Crippen LogP contribution in [0, 0.1) is 13.8 Å². The summed E-state index contributed by atoms with van der Waals surface area (Å²) in [6.45, 7) is 3.74. The first-order chi connectivity index (χ1) is 11.0. The first-order valence-electron chi connectivity index (χ1n) is 7.12. The lowest BCUT2D eigenvalue weighted by atomic mass is 10.2. The molecule has 0 fully saturated rings. The van der Waals surface area contributed by atoms with Crippen molar-refractivity contribution < 1.29 is 14.1 Å². The van der Waals surface area contributed by atoms with Crippen molar-refractivity contribution in [2.75, 3.05) is 5.32 Å². The first kappa shape index (κ1) is 14.8. The van der Waals surface area contributed by atoms with Crippen LogP contribution in [-0.4, -0.2) is 22.0 Å². The lowest BCUT2D eigenvalue weighted by molar-refractivity contribution is -0.136. The summed E-state index contributed by atoms with van der Waals surface area (Å²) in [6, 6.07) is 7.31. The van der Waals surface area contributed by atoms with Crippen LogP contribution in [0.5, 0.6) is 0 Å². The maximum absolute atomic E-state index is 11.9. The fraction of sp³-hybridized carbons (Fsp3) is 0.188. The molecule has 0 atom stereocenters. The van der Waals surface area contributed by atoms with Gasteiger partial charge in [0.2, 0.25) is 0 Å². The van der Waals surface area contributed by atoms with E-state index in [0.29, 0.717) is 17.1 Å². The normalized spacial score (nSPS) is 10.7. The number of rotatable bonds is 3. The standard InChI is InChI=1S/C16H16N4O3/c1-9-13(10(2)23-20-9)8-18-15(21)16(22)19-12-4-3-11-5-6-17-14(11)7-12/h3-7,17H,8H2,1-2H3,(H,18,21)(H,19,22). The van der Waals surface area contributed by atoms with E-state index in [0.717, 1.165) is 16.5 Å². The monoisotopic (exact) mass is 312 g/mol. The number of fused-ring (bicyclic) bond motifs is 1. The lowest BCUT2D eigenvalue weighted by Crippen LogP contribution is -2.35. The van der Waals surface area contributed by atoms with Gasteiger partial charge in [-0.25, -0.2) is 0 Å².